The second-order valence-electron chi connectivity index (χ2n) is 7.03. The lowest BCUT2D eigenvalue weighted by Crippen LogP contribution is -2.32. The smallest absolute Gasteiger partial charge is 0.407 e. The van der Waals surface area contributed by atoms with Crippen LogP contribution in [0.4, 0.5) is 9.18 Å². The van der Waals surface area contributed by atoms with Gasteiger partial charge in [0.1, 0.15) is 11.4 Å². The molecule has 0 radical (unpaired) electrons. The molecule has 0 aromatic heterocycles. The fraction of sp³-hybridized carbons (Fsp3) is 0.476. The first kappa shape index (κ1) is 22.5. The Kier molecular flexibility index (Phi) is 8.34. The quantitative estimate of drug-likeness (QED) is 0.487. The predicted octanol–water partition coefficient (Wildman–Crippen LogP) is 5.47. The highest BCUT2D eigenvalue weighted by atomic mass is 19.1. The lowest BCUT2D eigenvalue weighted by molar-refractivity contribution is 0.0523. The van der Waals surface area contributed by atoms with Crippen LogP contribution in [-0.4, -0.2) is 23.4 Å². The number of amides is 1. The largest absolute Gasteiger partial charge is 0.512 e. The van der Waals surface area contributed by atoms with E-state index in [1.165, 1.54) is 6.92 Å². The molecule has 6 heteroatoms. The summed E-state index contributed by atoms with van der Waals surface area (Å²) in [7, 11) is 0. The Morgan fingerprint density at radius 3 is 2.48 bits per heavy atom. The highest BCUT2D eigenvalue weighted by Gasteiger charge is 2.18. The lowest BCUT2D eigenvalue weighted by Gasteiger charge is -2.20. The number of halogens is 1. The van der Waals surface area contributed by atoms with Crippen LogP contribution >= 0.6 is 0 Å². The summed E-state index contributed by atoms with van der Waals surface area (Å²) in [6.45, 7) is 11.0. The van der Waals surface area contributed by atoms with Crippen LogP contribution in [0, 0.1) is 5.82 Å². The minimum atomic E-state index is -0.630. The van der Waals surface area contributed by atoms with E-state index in [2.05, 4.69) is 5.32 Å². The number of benzene rings is 1. The zero-order chi connectivity index (χ0) is 20.6. The Morgan fingerprint density at radius 2 is 1.96 bits per heavy atom. The molecule has 1 amide bonds. The van der Waals surface area contributed by atoms with E-state index >= 15 is 4.39 Å². The van der Waals surface area contributed by atoms with Crippen LogP contribution in [0.1, 0.15) is 59.1 Å². The average molecular weight is 379 g/mol. The van der Waals surface area contributed by atoms with Crippen molar-refractivity contribution in [1.82, 2.24) is 5.32 Å². The Morgan fingerprint density at radius 1 is 1.30 bits per heavy atom. The number of aliphatic hydroxyl groups is 1. The van der Waals surface area contributed by atoms with Gasteiger partial charge < -0.3 is 19.9 Å². The number of ether oxygens (including phenoxy) is 2. The summed E-state index contributed by atoms with van der Waals surface area (Å²) in [6, 6.07) is 4.83. The first-order chi connectivity index (χ1) is 12.6. The maximum atomic E-state index is 15.0. The van der Waals surface area contributed by atoms with Crippen molar-refractivity contribution < 1.29 is 23.8 Å². The van der Waals surface area contributed by atoms with E-state index in [9.17, 15) is 9.90 Å². The zero-order valence-corrected chi connectivity index (χ0v) is 17.0. The highest BCUT2D eigenvalue weighted by Crippen LogP contribution is 2.26. The monoisotopic (exact) mass is 379 g/mol. The maximum Gasteiger partial charge on any atom is 0.407 e. The number of alkyl carbamates (subject to hydrolysis) is 1. The predicted molar refractivity (Wildman–Crippen MR) is 105 cm³/mol. The van der Waals surface area contributed by atoms with Crippen LogP contribution in [0.25, 0.3) is 5.57 Å². The summed E-state index contributed by atoms with van der Waals surface area (Å²) < 4.78 is 25.7. The summed E-state index contributed by atoms with van der Waals surface area (Å²) in [5.41, 5.74) is 0.246. The molecule has 0 saturated carbocycles. The van der Waals surface area contributed by atoms with Crippen LogP contribution in [0.15, 0.2) is 35.8 Å². The fourth-order valence-electron chi connectivity index (χ4n) is 2.38. The van der Waals surface area contributed by atoms with Gasteiger partial charge in [-0.2, -0.15) is 0 Å². The number of carbonyl (C=O) groups excluding carboxylic acids is 1. The topological polar surface area (TPSA) is 67.8 Å². The standard InChI is InChI=1S/C21H30FNO4/c1-7-16(26-8-2)12-18(14(3)24)17-11-9-10-15(19(17)22)13-23-20(25)27-21(4,5)6/h9-12,24H,7-8,13H2,1-6H3,(H,23,25)/b16-12+,18-14-. The van der Waals surface area contributed by atoms with Gasteiger partial charge in [0.2, 0.25) is 0 Å². The summed E-state index contributed by atoms with van der Waals surface area (Å²) in [5.74, 6) is 0.120. The number of carbonyl (C=O) groups is 1. The molecule has 27 heavy (non-hydrogen) atoms. The first-order valence-corrected chi connectivity index (χ1v) is 9.06. The van der Waals surface area contributed by atoms with Crippen molar-refractivity contribution in [3.05, 3.63) is 52.7 Å². The van der Waals surface area contributed by atoms with E-state index in [1.54, 1.807) is 45.0 Å². The summed E-state index contributed by atoms with van der Waals surface area (Å²) in [5, 5.41) is 12.6. The third-order valence-electron chi connectivity index (χ3n) is 3.56. The SMILES string of the molecule is CCO/C(=C/C(=C(\C)O)c1cccc(CNC(=O)OC(C)(C)C)c1F)CC. The number of rotatable bonds is 7. The maximum absolute atomic E-state index is 15.0. The van der Waals surface area contributed by atoms with Crippen LogP contribution in [0.3, 0.4) is 0 Å². The molecule has 0 spiro atoms. The molecular weight excluding hydrogens is 349 g/mol. The van der Waals surface area contributed by atoms with Crippen LogP contribution in [0.2, 0.25) is 0 Å². The average Bonchev–Trinajstić information content (AvgIpc) is 2.56. The van der Waals surface area contributed by atoms with Gasteiger partial charge in [-0.3, -0.25) is 0 Å². The Balaban J connectivity index is 3.11. The van der Waals surface area contributed by atoms with Crippen LogP contribution in [-0.2, 0) is 16.0 Å². The number of hydrogen-bond acceptors (Lipinski definition) is 4. The van der Waals surface area contributed by atoms with Gasteiger partial charge in [0.25, 0.3) is 0 Å². The number of allylic oxidation sites excluding steroid dienone is 4. The van der Waals surface area contributed by atoms with Crippen molar-refractivity contribution >= 4 is 11.7 Å². The van der Waals surface area contributed by atoms with Crippen LogP contribution < -0.4 is 5.32 Å². The molecule has 1 aromatic carbocycles. The molecule has 150 valence electrons. The minimum absolute atomic E-state index is 0.0168. The van der Waals surface area contributed by atoms with E-state index in [1.807, 2.05) is 13.8 Å². The fourth-order valence-corrected chi connectivity index (χ4v) is 2.38. The number of nitrogens with one attached hydrogen (secondary N) is 1. The summed E-state index contributed by atoms with van der Waals surface area (Å²) in [6.07, 6.45) is 1.64. The van der Waals surface area contributed by atoms with E-state index in [0.717, 1.165) is 0 Å². The molecule has 1 rings (SSSR count). The molecule has 0 unspecified atom stereocenters. The van der Waals surface area contributed by atoms with E-state index in [-0.39, 0.29) is 17.9 Å². The lowest BCUT2D eigenvalue weighted by atomic mass is 10.00. The Bertz CT molecular complexity index is 713. The summed E-state index contributed by atoms with van der Waals surface area (Å²) >= 11 is 0. The van der Waals surface area contributed by atoms with Crippen LogP contribution in [0.5, 0.6) is 0 Å². The van der Waals surface area contributed by atoms with Crippen molar-refractivity contribution in [2.24, 2.45) is 0 Å². The molecule has 2 N–H and O–H groups in total. The second kappa shape index (κ2) is 10.00. The minimum Gasteiger partial charge on any atom is -0.512 e. The molecule has 0 aliphatic heterocycles. The van der Waals surface area contributed by atoms with Gasteiger partial charge in [-0.05, 0) is 40.7 Å². The third-order valence-corrected chi connectivity index (χ3v) is 3.56. The van der Waals surface area contributed by atoms with E-state index < -0.39 is 17.5 Å². The second-order valence-corrected chi connectivity index (χ2v) is 7.03. The first-order valence-electron chi connectivity index (χ1n) is 9.06. The van der Waals surface area contributed by atoms with Gasteiger partial charge in [-0.1, -0.05) is 25.1 Å². The number of aliphatic hydroxyl groups excluding tert-OH is 1. The Labute approximate surface area is 160 Å². The number of hydrogen-bond donors (Lipinski definition) is 2. The van der Waals surface area contributed by atoms with E-state index in [4.69, 9.17) is 9.47 Å². The molecule has 0 heterocycles. The molecule has 0 bridgehead atoms. The van der Waals surface area contributed by atoms with Gasteiger partial charge >= 0.3 is 6.09 Å². The molecular formula is C21H30FNO4. The van der Waals surface area contributed by atoms with Crippen molar-refractivity contribution in [2.45, 2.75) is 60.1 Å². The molecule has 0 saturated heterocycles. The van der Waals surface area contributed by atoms with Gasteiger partial charge in [-0.15, -0.1) is 0 Å². The third kappa shape index (κ3) is 7.33. The van der Waals surface area contributed by atoms with Crippen molar-refractivity contribution in [3.8, 4) is 0 Å². The van der Waals surface area contributed by atoms with Crippen molar-refractivity contribution in [1.29, 1.82) is 0 Å². The summed E-state index contributed by atoms with van der Waals surface area (Å²) in [4.78, 5) is 11.8. The van der Waals surface area contributed by atoms with Crippen molar-refractivity contribution in [2.75, 3.05) is 6.61 Å². The molecule has 1 aromatic rings. The zero-order valence-electron chi connectivity index (χ0n) is 17.0. The molecule has 0 aliphatic rings. The van der Waals surface area contributed by atoms with Gasteiger partial charge in [-0.25, -0.2) is 9.18 Å². The normalized spacial score (nSPS) is 13.1. The molecule has 0 aliphatic carbocycles. The van der Waals surface area contributed by atoms with Gasteiger partial charge in [0.05, 0.1) is 18.1 Å². The molecule has 5 nitrogen and oxygen atoms in total. The molecule has 0 fully saturated rings. The molecule has 0 atom stereocenters. The highest BCUT2D eigenvalue weighted by molar-refractivity contribution is 5.76. The Hall–Kier alpha value is -2.50. The van der Waals surface area contributed by atoms with Crippen molar-refractivity contribution in [3.63, 3.8) is 0 Å². The van der Waals surface area contributed by atoms with Gasteiger partial charge in [0, 0.05) is 29.7 Å². The van der Waals surface area contributed by atoms with Gasteiger partial charge in [0.15, 0.2) is 0 Å². The van der Waals surface area contributed by atoms with E-state index in [0.29, 0.717) is 29.9 Å².